The summed E-state index contributed by atoms with van der Waals surface area (Å²) in [7, 11) is 0. The van der Waals surface area contributed by atoms with E-state index in [0.717, 1.165) is 6.42 Å². The van der Waals surface area contributed by atoms with Crippen LogP contribution in [0.3, 0.4) is 0 Å². The summed E-state index contributed by atoms with van der Waals surface area (Å²) >= 11 is 0. The van der Waals surface area contributed by atoms with Gasteiger partial charge in [0.25, 0.3) is 0 Å². The Kier molecular flexibility index (Phi) is 1.88. The molecule has 2 heteroatoms. The Labute approximate surface area is 89.7 Å². The van der Waals surface area contributed by atoms with Crippen LogP contribution in [0.1, 0.15) is 26.2 Å². The van der Waals surface area contributed by atoms with E-state index in [2.05, 4.69) is 12.2 Å². The molecule has 2 nitrogen and oxygen atoms in total. The Hall–Kier alpha value is -0.920. The van der Waals surface area contributed by atoms with Crippen molar-refractivity contribution in [1.82, 2.24) is 0 Å². The molecule has 0 aromatic carbocycles. The molecule has 0 spiro atoms. The molecule has 0 aromatic heterocycles. The molecule has 80 valence electrons. The lowest BCUT2D eigenvalue weighted by Crippen LogP contribution is -2.25. The molecule has 2 saturated carbocycles. The van der Waals surface area contributed by atoms with Gasteiger partial charge >= 0.3 is 0 Å². The highest BCUT2D eigenvalue weighted by molar-refractivity contribution is 5.94. The third-order valence-electron chi connectivity index (χ3n) is 4.54. The van der Waals surface area contributed by atoms with Crippen LogP contribution in [0.2, 0.25) is 0 Å². The van der Waals surface area contributed by atoms with Gasteiger partial charge in [-0.2, -0.15) is 0 Å². The number of allylic oxidation sites excluding steroid dienone is 2. The van der Waals surface area contributed by atoms with Crippen LogP contribution in [-0.2, 0) is 9.59 Å². The number of carbonyl (C=O) groups is 2. The SMILES string of the molecule is CCC(=O)C1CC(=O)C2C3C=CC(C3)C12. The van der Waals surface area contributed by atoms with Crippen molar-refractivity contribution < 1.29 is 9.59 Å². The second-order valence-electron chi connectivity index (χ2n) is 5.15. The van der Waals surface area contributed by atoms with E-state index >= 15 is 0 Å². The summed E-state index contributed by atoms with van der Waals surface area (Å²) in [5, 5.41) is 0. The zero-order chi connectivity index (χ0) is 10.6. The summed E-state index contributed by atoms with van der Waals surface area (Å²) in [5.74, 6) is 2.24. The molecular weight excluding hydrogens is 188 g/mol. The predicted molar refractivity (Wildman–Crippen MR) is 56.1 cm³/mol. The highest BCUT2D eigenvalue weighted by atomic mass is 16.1. The van der Waals surface area contributed by atoms with Crippen molar-refractivity contribution in [2.75, 3.05) is 0 Å². The minimum Gasteiger partial charge on any atom is -0.299 e. The van der Waals surface area contributed by atoms with E-state index in [1.807, 2.05) is 6.92 Å². The molecule has 3 aliphatic rings. The van der Waals surface area contributed by atoms with Gasteiger partial charge in [0.2, 0.25) is 0 Å². The van der Waals surface area contributed by atoms with Crippen molar-refractivity contribution in [1.29, 1.82) is 0 Å². The molecule has 0 amide bonds. The maximum atomic E-state index is 11.9. The average molecular weight is 204 g/mol. The number of hydrogen-bond acceptors (Lipinski definition) is 2. The van der Waals surface area contributed by atoms with Crippen molar-refractivity contribution in [2.45, 2.75) is 26.2 Å². The molecule has 0 aliphatic heterocycles. The van der Waals surface area contributed by atoms with E-state index in [-0.39, 0.29) is 11.8 Å². The van der Waals surface area contributed by atoms with E-state index in [9.17, 15) is 9.59 Å². The van der Waals surface area contributed by atoms with Crippen molar-refractivity contribution in [3.05, 3.63) is 12.2 Å². The molecule has 0 saturated heterocycles. The van der Waals surface area contributed by atoms with E-state index in [0.29, 0.717) is 42.2 Å². The standard InChI is InChI=1S/C13H16O2/c1-2-10(14)9-6-11(15)13-8-4-3-7(5-8)12(9)13/h3-4,7-9,12-13H,2,5-6H2,1H3. The zero-order valence-electron chi connectivity index (χ0n) is 8.98. The summed E-state index contributed by atoms with van der Waals surface area (Å²) in [6.07, 6.45) is 6.66. The second kappa shape index (κ2) is 3.03. The summed E-state index contributed by atoms with van der Waals surface area (Å²) in [4.78, 5) is 23.7. The fourth-order valence-electron chi connectivity index (χ4n) is 3.94. The monoisotopic (exact) mass is 204 g/mol. The maximum Gasteiger partial charge on any atom is 0.137 e. The van der Waals surface area contributed by atoms with Gasteiger partial charge in [0.1, 0.15) is 11.6 Å². The van der Waals surface area contributed by atoms with E-state index < -0.39 is 0 Å². The number of Topliss-reactive ketones (excluding diaryl/α,β-unsaturated/α-hetero) is 2. The van der Waals surface area contributed by atoms with Crippen molar-refractivity contribution >= 4 is 11.6 Å². The van der Waals surface area contributed by atoms with E-state index in [4.69, 9.17) is 0 Å². The van der Waals surface area contributed by atoms with Crippen LogP contribution in [0, 0.1) is 29.6 Å². The first-order valence-corrected chi connectivity index (χ1v) is 5.96. The Balaban J connectivity index is 1.93. The summed E-state index contributed by atoms with van der Waals surface area (Å²) in [6.45, 7) is 1.91. The average Bonchev–Trinajstić information content (AvgIpc) is 2.89. The first-order valence-electron chi connectivity index (χ1n) is 5.96. The van der Waals surface area contributed by atoms with Crippen molar-refractivity contribution in [2.24, 2.45) is 29.6 Å². The minimum absolute atomic E-state index is 0.0486. The van der Waals surface area contributed by atoms with E-state index in [1.54, 1.807) is 0 Å². The van der Waals surface area contributed by atoms with Crippen molar-refractivity contribution in [3.63, 3.8) is 0 Å². The van der Waals surface area contributed by atoms with Gasteiger partial charge < -0.3 is 0 Å². The number of carbonyl (C=O) groups excluding carboxylic acids is 2. The molecule has 2 bridgehead atoms. The van der Waals surface area contributed by atoms with Crippen LogP contribution in [0.15, 0.2) is 12.2 Å². The fourth-order valence-corrected chi connectivity index (χ4v) is 3.94. The van der Waals surface area contributed by atoms with Crippen LogP contribution in [0.5, 0.6) is 0 Å². The molecule has 3 aliphatic carbocycles. The molecule has 3 rings (SSSR count). The Morgan fingerprint density at radius 2 is 2.13 bits per heavy atom. The fraction of sp³-hybridized carbons (Fsp3) is 0.692. The summed E-state index contributed by atoms with van der Waals surface area (Å²) < 4.78 is 0. The third kappa shape index (κ3) is 1.11. The third-order valence-corrected chi connectivity index (χ3v) is 4.54. The highest BCUT2D eigenvalue weighted by Gasteiger charge is 2.56. The zero-order valence-corrected chi connectivity index (χ0v) is 8.98. The largest absolute Gasteiger partial charge is 0.299 e. The molecule has 2 fully saturated rings. The topological polar surface area (TPSA) is 34.1 Å². The lowest BCUT2D eigenvalue weighted by molar-refractivity contribution is -0.125. The molecule has 0 heterocycles. The number of fused-ring (bicyclic) bond motifs is 5. The highest BCUT2D eigenvalue weighted by Crippen LogP contribution is 2.56. The van der Waals surface area contributed by atoms with Crippen LogP contribution < -0.4 is 0 Å². The smallest absolute Gasteiger partial charge is 0.137 e. The number of hydrogen-bond donors (Lipinski definition) is 0. The van der Waals surface area contributed by atoms with Crippen LogP contribution in [0.25, 0.3) is 0 Å². The molecule has 0 N–H and O–H groups in total. The Bertz CT molecular complexity index is 356. The van der Waals surface area contributed by atoms with Gasteiger partial charge in [0.05, 0.1) is 0 Å². The van der Waals surface area contributed by atoms with E-state index in [1.165, 1.54) is 0 Å². The van der Waals surface area contributed by atoms with Gasteiger partial charge in [-0.05, 0) is 24.2 Å². The van der Waals surface area contributed by atoms with Crippen LogP contribution in [-0.4, -0.2) is 11.6 Å². The molecule has 15 heavy (non-hydrogen) atoms. The van der Waals surface area contributed by atoms with Gasteiger partial charge in [-0.3, -0.25) is 9.59 Å². The van der Waals surface area contributed by atoms with Crippen molar-refractivity contribution in [3.8, 4) is 0 Å². The summed E-state index contributed by atoms with van der Waals surface area (Å²) in [5.41, 5.74) is 0. The number of rotatable bonds is 2. The van der Waals surface area contributed by atoms with Gasteiger partial charge in [0.15, 0.2) is 0 Å². The molecule has 0 radical (unpaired) electrons. The maximum absolute atomic E-state index is 11.9. The quantitative estimate of drug-likeness (QED) is 0.645. The predicted octanol–water partition coefficient (Wildman–Crippen LogP) is 1.99. The minimum atomic E-state index is 0.0486. The first-order chi connectivity index (χ1) is 7.22. The second-order valence-corrected chi connectivity index (χ2v) is 5.15. The lowest BCUT2D eigenvalue weighted by atomic mass is 9.79. The van der Waals surface area contributed by atoms with Gasteiger partial charge in [-0.1, -0.05) is 19.1 Å². The Morgan fingerprint density at radius 1 is 1.40 bits per heavy atom. The number of ketones is 2. The van der Waals surface area contributed by atoms with Crippen LogP contribution >= 0.6 is 0 Å². The lowest BCUT2D eigenvalue weighted by Gasteiger charge is -2.23. The normalized spacial score (nSPS) is 46.2. The molecule has 5 unspecified atom stereocenters. The van der Waals surface area contributed by atoms with Gasteiger partial charge in [-0.25, -0.2) is 0 Å². The first kappa shape index (κ1) is 9.32. The van der Waals surface area contributed by atoms with Gasteiger partial charge in [0, 0.05) is 24.7 Å². The summed E-state index contributed by atoms with van der Waals surface area (Å²) in [6, 6.07) is 0. The molecule has 0 aromatic rings. The molecular formula is C13H16O2. The Morgan fingerprint density at radius 3 is 2.87 bits per heavy atom. The van der Waals surface area contributed by atoms with Gasteiger partial charge in [-0.15, -0.1) is 0 Å². The van der Waals surface area contributed by atoms with Crippen LogP contribution in [0.4, 0.5) is 0 Å². The molecule has 5 atom stereocenters.